The number of sulfonamides is 2. The van der Waals surface area contributed by atoms with Crippen molar-refractivity contribution in [2.75, 3.05) is 34.3 Å². The fourth-order valence-corrected chi connectivity index (χ4v) is 6.19. The van der Waals surface area contributed by atoms with E-state index in [0.29, 0.717) is 17.7 Å². The molecule has 1 amide bonds. The van der Waals surface area contributed by atoms with Gasteiger partial charge < -0.3 is 10.1 Å². The Bertz CT molecular complexity index is 1460. The Balaban J connectivity index is 1.75. The first kappa shape index (κ1) is 29.6. The first-order valence-electron chi connectivity index (χ1n) is 11.6. The first-order chi connectivity index (χ1) is 17.9. The first-order valence-corrected chi connectivity index (χ1v) is 14.9. The third-order valence-corrected chi connectivity index (χ3v) is 9.73. The van der Waals surface area contributed by atoms with Gasteiger partial charge in [-0.05, 0) is 47.9 Å². The fourth-order valence-electron chi connectivity index (χ4n) is 3.55. The van der Waals surface area contributed by atoms with Crippen LogP contribution in [-0.2, 0) is 37.8 Å². The largest absolute Gasteiger partial charge is 0.495 e. The number of carbonyl (C=O) groups excluding carboxylic acids is 1. The van der Waals surface area contributed by atoms with Gasteiger partial charge in [-0.15, -0.1) is 0 Å². The van der Waals surface area contributed by atoms with E-state index in [-0.39, 0.29) is 27.9 Å². The lowest BCUT2D eigenvalue weighted by Gasteiger charge is -2.22. The summed E-state index contributed by atoms with van der Waals surface area (Å²) in [5, 5.41) is 2.85. The molecule has 3 aromatic carbocycles. The van der Waals surface area contributed by atoms with Gasteiger partial charge in [-0.1, -0.05) is 54.1 Å². The summed E-state index contributed by atoms with van der Waals surface area (Å²) < 4.78 is 58.8. The number of ether oxygens (including phenoxy) is 1. The third-order valence-electron chi connectivity index (χ3n) is 5.77. The van der Waals surface area contributed by atoms with Gasteiger partial charge in [-0.25, -0.2) is 21.1 Å². The van der Waals surface area contributed by atoms with Crippen molar-refractivity contribution in [2.45, 2.75) is 22.8 Å². The molecule has 0 saturated heterocycles. The molecule has 0 atom stereocenters. The molecule has 0 unspecified atom stereocenters. The Kier molecular flexibility index (Phi) is 9.91. The van der Waals surface area contributed by atoms with Crippen molar-refractivity contribution in [3.8, 4) is 5.75 Å². The van der Waals surface area contributed by atoms with Gasteiger partial charge in [0.25, 0.3) is 0 Å². The molecule has 0 aliphatic carbocycles. The fraction of sp³-hybridized carbons (Fsp3) is 0.269. The highest BCUT2D eigenvalue weighted by molar-refractivity contribution is 7.89. The molecular formula is C26H30ClN3O6S2. The van der Waals surface area contributed by atoms with Crippen molar-refractivity contribution >= 4 is 37.6 Å². The molecule has 3 aromatic rings. The van der Waals surface area contributed by atoms with E-state index >= 15 is 0 Å². The second kappa shape index (κ2) is 12.7. The Hall–Kier alpha value is -2.96. The Labute approximate surface area is 229 Å². The molecule has 0 aromatic heterocycles. The minimum atomic E-state index is -4.07. The second-order valence-electron chi connectivity index (χ2n) is 8.58. The van der Waals surface area contributed by atoms with E-state index in [0.717, 1.165) is 14.2 Å². The highest BCUT2D eigenvalue weighted by atomic mass is 35.5. The maximum Gasteiger partial charge on any atom is 0.243 e. The van der Waals surface area contributed by atoms with Gasteiger partial charge in [0.15, 0.2) is 0 Å². The van der Waals surface area contributed by atoms with Crippen LogP contribution in [0.1, 0.15) is 11.1 Å². The quantitative estimate of drug-likeness (QED) is 0.353. The average Bonchev–Trinajstić information content (AvgIpc) is 2.90. The van der Waals surface area contributed by atoms with Crippen LogP contribution >= 0.6 is 11.6 Å². The molecule has 12 heteroatoms. The highest BCUT2D eigenvalue weighted by Gasteiger charge is 2.27. The van der Waals surface area contributed by atoms with Gasteiger partial charge in [0, 0.05) is 27.2 Å². The van der Waals surface area contributed by atoms with Crippen molar-refractivity contribution in [1.82, 2.24) is 13.9 Å². The van der Waals surface area contributed by atoms with Crippen LogP contribution in [0.4, 0.5) is 0 Å². The molecule has 0 heterocycles. The molecule has 0 spiro atoms. The Morgan fingerprint density at radius 2 is 1.50 bits per heavy atom. The lowest BCUT2D eigenvalue weighted by Crippen LogP contribution is -2.41. The van der Waals surface area contributed by atoms with Crippen LogP contribution in [0.3, 0.4) is 0 Å². The number of hydrogen-bond donors (Lipinski definition) is 1. The maximum atomic E-state index is 13.5. The highest BCUT2D eigenvalue weighted by Crippen LogP contribution is 2.28. The molecular weight excluding hydrogens is 550 g/mol. The molecule has 0 fully saturated rings. The predicted octanol–water partition coefficient (Wildman–Crippen LogP) is 3.15. The maximum absolute atomic E-state index is 13.5. The molecule has 0 aliphatic rings. The van der Waals surface area contributed by atoms with Crippen LogP contribution < -0.4 is 10.1 Å². The summed E-state index contributed by atoms with van der Waals surface area (Å²) in [6.07, 6.45) is 0.402. The average molecular weight is 580 g/mol. The lowest BCUT2D eigenvalue weighted by molar-refractivity contribution is -0.121. The van der Waals surface area contributed by atoms with Crippen LogP contribution in [0.2, 0.25) is 5.02 Å². The molecule has 204 valence electrons. The van der Waals surface area contributed by atoms with Crippen LogP contribution in [0.25, 0.3) is 0 Å². The molecule has 0 aliphatic heterocycles. The Morgan fingerprint density at radius 1 is 0.868 bits per heavy atom. The van der Waals surface area contributed by atoms with Gasteiger partial charge in [0.2, 0.25) is 26.0 Å². The van der Waals surface area contributed by atoms with E-state index in [2.05, 4.69) is 5.32 Å². The summed E-state index contributed by atoms with van der Waals surface area (Å²) in [5.74, 6) is -0.171. The van der Waals surface area contributed by atoms with Crippen molar-refractivity contribution in [2.24, 2.45) is 0 Å². The van der Waals surface area contributed by atoms with Crippen molar-refractivity contribution in [3.63, 3.8) is 0 Å². The van der Waals surface area contributed by atoms with Gasteiger partial charge in [0.05, 0.1) is 28.5 Å². The van der Waals surface area contributed by atoms with E-state index in [1.54, 1.807) is 12.1 Å². The zero-order chi connectivity index (χ0) is 27.9. The summed E-state index contributed by atoms with van der Waals surface area (Å²) in [4.78, 5) is 12.9. The summed E-state index contributed by atoms with van der Waals surface area (Å²) in [6.45, 7) is -0.242. The van der Waals surface area contributed by atoms with Gasteiger partial charge >= 0.3 is 0 Å². The number of hydrogen-bond acceptors (Lipinski definition) is 6. The number of nitrogens with zero attached hydrogens (tertiary/aromatic N) is 2. The minimum absolute atomic E-state index is 0.0538. The number of rotatable bonds is 12. The van der Waals surface area contributed by atoms with Crippen LogP contribution in [-0.4, -0.2) is 65.6 Å². The second-order valence-corrected chi connectivity index (χ2v) is 13.1. The van der Waals surface area contributed by atoms with Crippen LogP contribution in [0, 0.1) is 0 Å². The van der Waals surface area contributed by atoms with E-state index in [1.807, 2.05) is 30.3 Å². The topological polar surface area (TPSA) is 113 Å². The van der Waals surface area contributed by atoms with Crippen LogP contribution in [0.5, 0.6) is 5.75 Å². The van der Waals surface area contributed by atoms with E-state index in [1.165, 1.54) is 51.5 Å². The zero-order valence-electron chi connectivity index (χ0n) is 21.3. The summed E-state index contributed by atoms with van der Waals surface area (Å²) in [5.41, 5.74) is 1.59. The van der Waals surface area contributed by atoms with Crippen LogP contribution in [0.15, 0.2) is 82.6 Å². The van der Waals surface area contributed by atoms with Crippen molar-refractivity contribution in [1.29, 1.82) is 0 Å². The standard InChI is InChI=1S/C26H30ClN3O6S2/c1-29(2)37(32,33)22-11-9-21(10-12-22)18-28-26(31)19-30(16-15-20-7-5-4-6-8-20)38(34,35)23-13-14-25(36-3)24(27)17-23/h4-14,17H,15-16,18-19H2,1-3H3,(H,28,31). The molecule has 3 rings (SSSR count). The summed E-state index contributed by atoms with van der Waals surface area (Å²) >= 11 is 6.17. The molecule has 0 saturated carbocycles. The predicted molar refractivity (Wildman–Crippen MR) is 146 cm³/mol. The van der Waals surface area contributed by atoms with Gasteiger partial charge in [0.1, 0.15) is 5.75 Å². The van der Waals surface area contributed by atoms with Gasteiger partial charge in [-0.3, -0.25) is 4.79 Å². The normalized spacial score (nSPS) is 12.1. The molecule has 9 nitrogen and oxygen atoms in total. The number of methoxy groups -OCH3 is 1. The monoisotopic (exact) mass is 579 g/mol. The zero-order valence-corrected chi connectivity index (χ0v) is 23.7. The summed E-state index contributed by atoms with van der Waals surface area (Å²) in [7, 11) is -3.31. The van der Waals surface area contributed by atoms with Gasteiger partial charge in [-0.2, -0.15) is 4.31 Å². The number of halogens is 1. The molecule has 0 bridgehead atoms. The lowest BCUT2D eigenvalue weighted by atomic mass is 10.1. The van der Waals surface area contributed by atoms with Crippen molar-refractivity contribution < 1.29 is 26.4 Å². The number of carbonyl (C=O) groups is 1. The van der Waals surface area contributed by atoms with E-state index < -0.39 is 32.5 Å². The SMILES string of the molecule is COc1ccc(S(=O)(=O)N(CCc2ccccc2)CC(=O)NCc2ccc(S(=O)(=O)N(C)C)cc2)cc1Cl. The van der Waals surface area contributed by atoms with E-state index in [9.17, 15) is 21.6 Å². The number of nitrogens with one attached hydrogen (secondary N) is 1. The number of benzene rings is 3. The molecule has 38 heavy (non-hydrogen) atoms. The minimum Gasteiger partial charge on any atom is -0.495 e. The summed E-state index contributed by atoms with van der Waals surface area (Å²) in [6, 6.07) is 19.6. The number of amides is 1. The Morgan fingerprint density at radius 3 is 2.08 bits per heavy atom. The van der Waals surface area contributed by atoms with Crippen molar-refractivity contribution in [3.05, 3.63) is 88.9 Å². The smallest absolute Gasteiger partial charge is 0.243 e. The molecule has 0 radical (unpaired) electrons. The molecule has 1 N–H and O–H groups in total. The van der Waals surface area contributed by atoms with E-state index in [4.69, 9.17) is 16.3 Å². The third kappa shape index (κ3) is 7.33.